The van der Waals surface area contributed by atoms with E-state index in [-0.39, 0.29) is 11.9 Å². The first kappa shape index (κ1) is 17.7. The van der Waals surface area contributed by atoms with Crippen LogP contribution in [0.3, 0.4) is 0 Å². The fourth-order valence-electron chi connectivity index (χ4n) is 2.63. The summed E-state index contributed by atoms with van der Waals surface area (Å²) in [5, 5.41) is 2.93. The minimum Gasteiger partial charge on any atom is -0.496 e. The molecule has 23 heavy (non-hydrogen) atoms. The van der Waals surface area contributed by atoms with Gasteiger partial charge in [0.05, 0.1) is 7.11 Å². The highest BCUT2D eigenvalue weighted by molar-refractivity contribution is 7.98. The van der Waals surface area contributed by atoms with Crippen LogP contribution in [0.4, 0.5) is 0 Å². The van der Waals surface area contributed by atoms with Crippen LogP contribution in [0.1, 0.15) is 43.0 Å². The number of benzene rings is 1. The van der Waals surface area contributed by atoms with Gasteiger partial charge in [0.15, 0.2) is 6.10 Å². The van der Waals surface area contributed by atoms with E-state index < -0.39 is 12.1 Å². The van der Waals surface area contributed by atoms with Gasteiger partial charge in [-0.25, -0.2) is 4.79 Å². The highest BCUT2D eigenvalue weighted by Gasteiger charge is 2.24. The first-order valence-electron chi connectivity index (χ1n) is 7.78. The molecule has 0 radical (unpaired) electrons. The van der Waals surface area contributed by atoms with Gasteiger partial charge in [0.25, 0.3) is 5.91 Å². The fraction of sp³-hybridized carbons (Fsp3) is 0.529. The first-order chi connectivity index (χ1) is 11.0. The zero-order valence-electron chi connectivity index (χ0n) is 13.8. The van der Waals surface area contributed by atoms with Crippen molar-refractivity contribution in [3.05, 3.63) is 23.8 Å². The third-order valence-electron chi connectivity index (χ3n) is 3.98. The lowest BCUT2D eigenvalue weighted by molar-refractivity contribution is -0.129. The Hall–Kier alpha value is -1.69. The monoisotopic (exact) mass is 337 g/mol. The van der Waals surface area contributed by atoms with Crippen molar-refractivity contribution in [2.45, 2.75) is 49.6 Å². The van der Waals surface area contributed by atoms with Crippen LogP contribution in [0.2, 0.25) is 0 Å². The van der Waals surface area contributed by atoms with E-state index in [1.54, 1.807) is 30.8 Å². The van der Waals surface area contributed by atoms with Crippen LogP contribution in [0.15, 0.2) is 23.1 Å². The molecule has 1 atom stereocenters. The number of nitrogens with one attached hydrogen (secondary N) is 1. The average Bonchev–Trinajstić information content (AvgIpc) is 3.06. The standard InChI is InChI=1S/C17H23NO4S/c1-11(16(19)18-12-6-4-5-7-12)22-17(20)14-9-8-13(23-3)10-15(14)21-2/h8-12H,4-7H2,1-3H3,(H,18,19)/t11-/m1/s1. The van der Waals surface area contributed by atoms with Gasteiger partial charge in [0.1, 0.15) is 11.3 Å². The molecule has 1 amide bonds. The maximum absolute atomic E-state index is 12.3. The molecule has 6 heteroatoms. The highest BCUT2D eigenvalue weighted by Crippen LogP contribution is 2.26. The topological polar surface area (TPSA) is 64.6 Å². The summed E-state index contributed by atoms with van der Waals surface area (Å²) in [5.74, 6) is -0.348. The lowest BCUT2D eigenvalue weighted by atomic mass is 10.2. The second kappa shape index (κ2) is 8.24. The van der Waals surface area contributed by atoms with E-state index in [4.69, 9.17) is 9.47 Å². The number of rotatable bonds is 6. The smallest absolute Gasteiger partial charge is 0.342 e. The molecule has 1 aliphatic carbocycles. The van der Waals surface area contributed by atoms with E-state index in [0.29, 0.717) is 11.3 Å². The number of ether oxygens (including phenoxy) is 2. The Kier molecular flexibility index (Phi) is 6.33. The first-order valence-corrected chi connectivity index (χ1v) is 9.01. The van der Waals surface area contributed by atoms with Gasteiger partial charge >= 0.3 is 5.97 Å². The molecule has 0 heterocycles. The number of esters is 1. The number of thioether (sulfide) groups is 1. The van der Waals surface area contributed by atoms with E-state index >= 15 is 0 Å². The Morgan fingerprint density at radius 3 is 2.61 bits per heavy atom. The van der Waals surface area contributed by atoms with Crippen molar-refractivity contribution < 1.29 is 19.1 Å². The van der Waals surface area contributed by atoms with Crippen molar-refractivity contribution in [1.82, 2.24) is 5.32 Å². The van der Waals surface area contributed by atoms with Crippen molar-refractivity contribution in [3.63, 3.8) is 0 Å². The third-order valence-corrected chi connectivity index (χ3v) is 4.71. The Morgan fingerprint density at radius 1 is 1.30 bits per heavy atom. The van der Waals surface area contributed by atoms with Crippen molar-refractivity contribution in [2.75, 3.05) is 13.4 Å². The number of methoxy groups -OCH3 is 1. The average molecular weight is 337 g/mol. The highest BCUT2D eigenvalue weighted by atomic mass is 32.2. The summed E-state index contributed by atoms with van der Waals surface area (Å²) in [6, 6.07) is 5.48. The van der Waals surface area contributed by atoms with E-state index in [0.717, 1.165) is 30.6 Å². The van der Waals surface area contributed by atoms with Crippen LogP contribution in [0, 0.1) is 0 Å². The SMILES string of the molecule is COc1cc(SC)ccc1C(=O)O[C@H](C)C(=O)NC1CCCC1. The predicted octanol–water partition coefficient (Wildman–Crippen LogP) is 3.02. The summed E-state index contributed by atoms with van der Waals surface area (Å²) >= 11 is 1.56. The Labute approximate surface area is 141 Å². The van der Waals surface area contributed by atoms with E-state index in [1.807, 2.05) is 12.3 Å². The quantitative estimate of drug-likeness (QED) is 0.638. The summed E-state index contributed by atoms with van der Waals surface area (Å²) in [6.07, 6.45) is 5.39. The molecule has 1 fully saturated rings. The maximum atomic E-state index is 12.3. The summed E-state index contributed by atoms with van der Waals surface area (Å²) in [4.78, 5) is 25.4. The summed E-state index contributed by atoms with van der Waals surface area (Å²) in [6.45, 7) is 1.59. The molecule has 2 rings (SSSR count). The van der Waals surface area contributed by atoms with Crippen LogP contribution in [-0.2, 0) is 9.53 Å². The van der Waals surface area contributed by atoms with Crippen LogP contribution in [-0.4, -0.2) is 37.4 Å². The molecular formula is C17H23NO4S. The van der Waals surface area contributed by atoms with Gasteiger partial charge in [-0.1, -0.05) is 12.8 Å². The lowest BCUT2D eigenvalue weighted by Gasteiger charge is -2.18. The Morgan fingerprint density at radius 2 is 2.00 bits per heavy atom. The molecule has 0 spiro atoms. The van der Waals surface area contributed by atoms with E-state index in [2.05, 4.69) is 5.32 Å². The summed E-state index contributed by atoms with van der Waals surface area (Å²) in [7, 11) is 1.51. The molecule has 1 aliphatic rings. The zero-order valence-corrected chi connectivity index (χ0v) is 14.6. The molecule has 0 unspecified atom stereocenters. The normalized spacial score (nSPS) is 16.0. The van der Waals surface area contributed by atoms with Gasteiger partial charge in [-0.05, 0) is 44.2 Å². The van der Waals surface area contributed by atoms with Gasteiger partial charge in [-0.2, -0.15) is 0 Å². The molecule has 126 valence electrons. The van der Waals surface area contributed by atoms with Crippen molar-refractivity contribution in [2.24, 2.45) is 0 Å². The van der Waals surface area contributed by atoms with Gasteiger partial charge in [-0.15, -0.1) is 11.8 Å². The van der Waals surface area contributed by atoms with E-state index in [9.17, 15) is 9.59 Å². The molecule has 1 aromatic carbocycles. The summed E-state index contributed by atoms with van der Waals surface area (Å²) < 4.78 is 10.5. The van der Waals surface area contributed by atoms with Crippen molar-refractivity contribution >= 4 is 23.6 Å². The van der Waals surface area contributed by atoms with Gasteiger partial charge in [-0.3, -0.25) is 4.79 Å². The Balaban J connectivity index is 1.98. The Bertz CT molecular complexity index is 570. The fourth-order valence-corrected chi connectivity index (χ4v) is 3.06. The molecule has 5 nitrogen and oxygen atoms in total. The maximum Gasteiger partial charge on any atom is 0.342 e. The molecule has 0 aliphatic heterocycles. The molecule has 1 saturated carbocycles. The number of carbonyl (C=O) groups excluding carboxylic acids is 2. The molecular weight excluding hydrogens is 314 g/mol. The van der Waals surface area contributed by atoms with Crippen molar-refractivity contribution in [1.29, 1.82) is 0 Å². The molecule has 0 aromatic heterocycles. The number of amides is 1. The minimum atomic E-state index is -0.826. The summed E-state index contributed by atoms with van der Waals surface area (Å²) in [5.41, 5.74) is 0.325. The molecule has 0 bridgehead atoms. The second-order valence-corrected chi connectivity index (χ2v) is 6.48. The minimum absolute atomic E-state index is 0.207. The lowest BCUT2D eigenvalue weighted by Crippen LogP contribution is -2.40. The largest absolute Gasteiger partial charge is 0.496 e. The number of hydrogen-bond donors (Lipinski definition) is 1. The van der Waals surface area contributed by atoms with Gasteiger partial charge < -0.3 is 14.8 Å². The van der Waals surface area contributed by atoms with Crippen molar-refractivity contribution in [3.8, 4) is 5.75 Å². The predicted molar refractivity (Wildman–Crippen MR) is 90.1 cm³/mol. The van der Waals surface area contributed by atoms with Crippen LogP contribution in [0.25, 0.3) is 0 Å². The van der Waals surface area contributed by atoms with Gasteiger partial charge in [0, 0.05) is 10.9 Å². The second-order valence-electron chi connectivity index (χ2n) is 5.60. The number of hydrogen-bond acceptors (Lipinski definition) is 5. The third kappa shape index (κ3) is 4.64. The van der Waals surface area contributed by atoms with Crippen LogP contribution in [0.5, 0.6) is 5.75 Å². The number of carbonyl (C=O) groups is 2. The molecule has 1 aromatic rings. The van der Waals surface area contributed by atoms with Crippen LogP contribution < -0.4 is 10.1 Å². The molecule has 0 saturated heterocycles. The zero-order chi connectivity index (χ0) is 16.8. The molecule has 1 N–H and O–H groups in total. The van der Waals surface area contributed by atoms with Gasteiger partial charge in [0.2, 0.25) is 0 Å². The van der Waals surface area contributed by atoms with Crippen LogP contribution >= 0.6 is 11.8 Å². The van der Waals surface area contributed by atoms with E-state index in [1.165, 1.54) is 7.11 Å².